The van der Waals surface area contributed by atoms with Crippen molar-refractivity contribution in [3.63, 3.8) is 0 Å². The third-order valence-corrected chi connectivity index (χ3v) is 4.76. The maximum Gasteiger partial charge on any atom is 0.293 e. The molecule has 150 valence electrons. The fraction of sp³-hybridized carbons (Fsp3) is 0.238. The van der Waals surface area contributed by atoms with E-state index in [0.29, 0.717) is 42.0 Å². The Morgan fingerprint density at radius 2 is 1.79 bits per heavy atom. The number of aryl methyl sites for hydroxylation is 1. The molecule has 1 aromatic heterocycles. The monoisotopic (exact) mass is 392 g/mol. The van der Waals surface area contributed by atoms with Crippen LogP contribution in [0.25, 0.3) is 11.1 Å². The summed E-state index contributed by atoms with van der Waals surface area (Å²) in [6, 6.07) is 15.0. The van der Waals surface area contributed by atoms with Crippen LogP contribution in [0.1, 0.15) is 25.1 Å². The maximum absolute atomic E-state index is 11.9. The molecule has 2 aromatic carbocycles. The molecule has 4 N–H and O–H groups in total. The molecular formula is C21H24N6O2. The van der Waals surface area contributed by atoms with Crippen LogP contribution >= 0.6 is 0 Å². The molecular weight excluding hydrogens is 368 g/mol. The van der Waals surface area contributed by atoms with Gasteiger partial charge >= 0.3 is 0 Å². The van der Waals surface area contributed by atoms with Crippen LogP contribution < -0.4 is 16.4 Å². The zero-order valence-electron chi connectivity index (χ0n) is 16.5. The predicted octanol–water partition coefficient (Wildman–Crippen LogP) is 3.81. The Balaban J connectivity index is 2.07. The lowest BCUT2D eigenvalue weighted by Gasteiger charge is -2.23. The second-order valence-corrected chi connectivity index (χ2v) is 6.60. The summed E-state index contributed by atoms with van der Waals surface area (Å²) in [5.41, 5.74) is 15.3. The van der Waals surface area contributed by atoms with E-state index in [1.165, 1.54) is 6.07 Å². The van der Waals surface area contributed by atoms with Gasteiger partial charge in [0.25, 0.3) is 5.69 Å². The average Bonchev–Trinajstić information content (AvgIpc) is 2.72. The molecule has 0 bridgehead atoms. The summed E-state index contributed by atoms with van der Waals surface area (Å²) in [7, 11) is 0. The van der Waals surface area contributed by atoms with Gasteiger partial charge in [0.15, 0.2) is 0 Å². The predicted molar refractivity (Wildman–Crippen MR) is 115 cm³/mol. The number of anilines is 3. The van der Waals surface area contributed by atoms with Gasteiger partial charge in [-0.15, -0.1) is 0 Å². The van der Waals surface area contributed by atoms with Crippen molar-refractivity contribution in [3.8, 4) is 11.1 Å². The highest BCUT2D eigenvalue weighted by molar-refractivity contribution is 5.81. The van der Waals surface area contributed by atoms with E-state index in [1.807, 2.05) is 55.1 Å². The fourth-order valence-corrected chi connectivity index (χ4v) is 3.38. The Labute approximate surface area is 169 Å². The van der Waals surface area contributed by atoms with Gasteiger partial charge in [0.05, 0.1) is 10.6 Å². The minimum atomic E-state index is -0.369. The van der Waals surface area contributed by atoms with Gasteiger partial charge in [-0.1, -0.05) is 43.3 Å². The van der Waals surface area contributed by atoms with Crippen LogP contribution in [0.3, 0.4) is 0 Å². The normalized spacial score (nSPS) is 10.7. The Morgan fingerprint density at radius 3 is 2.41 bits per heavy atom. The van der Waals surface area contributed by atoms with Crippen LogP contribution in [-0.4, -0.2) is 21.4 Å². The van der Waals surface area contributed by atoms with Crippen molar-refractivity contribution in [1.82, 2.24) is 9.97 Å². The Kier molecular flexibility index (Phi) is 5.92. The number of nitro benzene ring substituents is 1. The molecule has 8 heteroatoms. The average molecular weight is 392 g/mol. The minimum absolute atomic E-state index is 0.0126. The Bertz CT molecular complexity index is 1020. The first-order chi connectivity index (χ1) is 13.9. The van der Waals surface area contributed by atoms with E-state index < -0.39 is 0 Å². The van der Waals surface area contributed by atoms with Gasteiger partial charge in [0.2, 0.25) is 5.95 Å². The molecule has 0 aliphatic rings. The van der Waals surface area contributed by atoms with E-state index in [0.717, 1.165) is 5.56 Å². The smallest absolute Gasteiger partial charge is 0.293 e. The molecule has 0 saturated heterocycles. The van der Waals surface area contributed by atoms with Crippen LogP contribution in [0, 0.1) is 10.1 Å². The molecule has 0 unspecified atom stereocenters. The summed E-state index contributed by atoms with van der Waals surface area (Å²) in [4.78, 5) is 21.7. The molecule has 3 rings (SSSR count). The molecule has 0 amide bonds. The summed E-state index contributed by atoms with van der Waals surface area (Å²) in [6.07, 6.45) is 0.580. The highest BCUT2D eigenvalue weighted by Crippen LogP contribution is 2.36. The molecule has 0 aliphatic heterocycles. The second kappa shape index (κ2) is 8.55. The van der Waals surface area contributed by atoms with Crippen LogP contribution in [0.15, 0.2) is 48.5 Å². The number of rotatable bonds is 7. The van der Waals surface area contributed by atoms with Crippen LogP contribution in [0.5, 0.6) is 0 Å². The van der Waals surface area contributed by atoms with Gasteiger partial charge < -0.3 is 16.4 Å². The molecule has 0 fully saturated rings. The highest BCUT2D eigenvalue weighted by atomic mass is 16.6. The van der Waals surface area contributed by atoms with E-state index in [1.54, 1.807) is 6.07 Å². The van der Waals surface area contributed by atoms with Gasteiger partial charge in [-0.3, -0.25) is 10.1 Å². The molecule has 3 aromatic rings. The number of aromatic nitrogens is 2. The van der Waals surface area contributed by atoms with Crippen molar-refractivity contribution in [1.29, 1.82) is 0 Å². The summed E-state index contributed by atoms with van der Waals surface area (Å²) >= 11 is 0. The standard InChI is InChI=1S/C21H24N6O2/c1-3-16-19(20(22)25-21(23)24-16)15-10-11-17(18(12-15)27(28)29)26(4-2)13-14-8-6-5-7-9-14/h5-12H,3-4,13H2,1-2H3,(H4,22,23,24,25). The fourth-order valence-electron chi connectivity index (χ4n) is 3.38. The number of benzene rings is 2. The summed E-state index contributed by atoms with van der Waals surface area (Å²) < 4.78 is 0. The van der Waals surface area contributed by atoms with E-state index in [2.05, 4.69) is 9.97 Å². The van der Waals surface area contributed by atoms with E-state index in [-0.39, 0.29) is 22.4 Å². The van der Waals surface area contributed by atoms with Crippen LogP contribution in [-0.2, 0) is 13.0 Å². The molecule has 8 nitrogen and oxygen atoms in total. The van der Waals surface area contributed by atoms with E-state index >= 15 is 0 Å². The van der Waals surface area contributed by atoms with Crippen molar-refractivity contribution in [2.75, 3.05) is 22.9 Å². The third-order valence-electron chi connectivity index (χ3n) is 4.76. The van der Waals surface area contributed by atoms with Crippen molar-refractivity contribution in [2.45, 2.75) is 26.8 Å². The summed E-state index contributed by atoms with van der Waals surface area (Å²) in [5.74, 6) is 0.308. The van der Waals surface area contributed by atoms with Gasteiger partial charge in [-0.2, -0.15) is 4.98 Å². The van der Waals surface area contributed by atoms with Crippen LogP contribution in [0.2, 0.25) is 0 Å². The molecule has 0 aliphatic carbocycles. The summed E-state index contributed by atoms with van der Waals surface area (Å²) in [6.45, 7) is 5.10. The zero-order valence-corrected chi connectivity index (χ0v) is 16.5. The quantitative estimate of drug-likeness (QED) is 0.463. The first-order valence-corrected chi connectivity index (χ1v) is 9.44. The van der Waals surface area contributed by atoms with Gasteiger partial charge in [-0.25, -0.2) is 4.98 Å². The first-order valence-electron chi connectivity index (χ1n) is 9.44. The lowest BCUT2D eigenvalue weighted by molar-refractivity contribution is -0.384. The molecule has 29 heavy (non-hydrogen) atoms. The number of nitrogens with zero attached hydrogens (tertiary/aromatic N) is 4. The molecule has 1 heterocycles. The number of nitrogen functional groups attached to an aromatic ring is 2. The maximum atomic E-state index is 11.9. The first kappa shape index (κ1) is 20.1. The molecule has 0 atom stereocenters. The topological polar surface area (TPSA) is 124 Å². The third kappa shape index (κ3) is 4.26. The number of hydrogen-bond acceptors (Lipinski definition) is 7. The van der Waals surface area contributed by atoms with Gasteiger partial charge in [-0.05, 0) is 30.5 Å². The van der Waals surface area contributed by atoms with Crippen molar-refractivity contribution < 1.29 is 4.92 Å². The van der Waals surface area contributed by atoms with Gasteiger partial charge in [0.1, 0.15) is 11.5 Å². The summed E-state index contributed by atoms with van der Waals surface area (Å²) in [5, 5.41) is 11.9. The van der Waals surface area contributed by atoms with Crippen molar-refractivity contribution in [3.05, 3.63) is 69.9 Å². The molecule has 0 spiro atoms. The second-order valence-electron chi connectivity index (χ2n) is 6.60. The lowest BCUT2D eigenvalue weighted by Crippen LogP contribution is -2.23. The number of hydrogen-bond donors (Lipinski definition) is 2. The van der Waals surface area contributed by atoms with Crippen molar-refractivity contribution in [2.24, 2.45) is 0 Å². The van der Waals surface area contributed by atoms with Crippen molar-refractivity contribution >= 4 is 23.1 Å². The molecule has 0 saturated carbocycles. The van der Waals surface area contributed by atoms with Crippen LogP contribution in [0.4, 0.5) is 23.1 Å². The van der Waals surface area contributed by atoms with E-state index in [4.69, 9.17) is 11.5 Å². The highest BCUT2D eigenvalue weighted by Gasteiger charge is 2.22. The Morgan fingerprint density at radius 1 is 1.07 bits per heavy atom. The molecule has 0 radical (unpaired) electrons. The lowest BCUT2D eigenvalue weighted by atomic mass is 10.0. The van der Waals surface area contributed by atoms with Gasteiger partial charge in [0, 0.05) is 24.7 Å². The minimum Gasteiger partial charge on any atom is -0.383 e. The largest absolute Gasteiger partial charge is 0.383 e. The van der Waals surface area contributed by atoms with E-state index in [9.17, 15) is 10.1 Å². The zero-order chi connectivity index (χ0) is 21.0. The number of nitrogens with two attached hydrogens (primary N) is 2. The Hall–Kier alpha value is -3.68. The SMILES string of the molecule is CCc1nc(N)nc(N)c1-c1ccc(N(CC)Cc2ccccc2)c([N+](=O)[O-])c1. The number of nitro groups is 1.